The number of H-pyrrole nitrogens is 1. The van der Waals surface area contributed by atoms with Gasteiger partial charge >= 0.3 is 5.97 Å². The first-order valence-corrected chi connectivity index (χ1v) is 5.14. The second-order valence-electron chi connectivity index (χ2n) is 3.22. The van der Waals surface area contributed by atoms with E-state index in [1.807, 2.05) is 6.07 Å². The van der Waals surface area contributed by atoms with Crippen molar-refractivity contribution in [3.05, 3.63) is 34.4 Å². The third-order valence-electron chi connectivity index (χ3n) is 2.29. The molecule has 2 aromatic rings. The van der Waals surface area contributed by atoms with E-state index in [4.69, 9.17) is 10.8 Å². The Hall–Kier alpha value is -1.33. The molecule has 4 N–H and O–H groups in total. The number of hydrogen-bond donors (Lipinski definition) is 3. The average molecular weight is 269 g/mol. The molecule has 78 valence electrons. The summed E-state index contributed by atoms with van der Waals surface area (Å²) in [4.78, 5) is 13.9. The number of rotatable bonds is 2. The Morgan fingerprint density at radius 2 is 2.27 bits per heavy atom. The van der Waals surface area contributed by atoms with Gasteiger partial charge in [-0.2, -0.15) is 0 Å². The van der Waals surface area contributed by atoms with Crippen molar-refractivity contribution >= 4 is 32.8 Å². The Morgan fingerprint density at radius 3 is 2.93 bits per heavy atom. The van der Waals surface area contributed by atoms with Gasteiger partial charge in [0.1, 0.15) is 6.04 Å². The molecule has 4 nitrogen and oxygen atoms in total. The van der Waals surface area contributed by atoms with Crippen molar-refractivity contribution in [2.45, 2.75) is 6.04 Å². The lowest BCUT2D eigenvalue weighted by Crippen LogP contribution is -2.20. The summed E-state index contributed by atoms with van der Waals surface area (Å²) in [6.07, 6.45) is 1.77. The molecule has 1 atom stereocenters. The summed E-state index contributed by atoms with van der Waals surface area (Å²) >= 11 is 3.36. The van der Waals surface area contributed by atoms with Crippen LogP contribution < -0.4 is 5.73 Å². The van der Waals surface area contributed by atoms with Gasteiger partial charge in [-0.3, -0.25) is 4.79 Å². The molecule has 1 unspecified atom stereocenters. The van der Waals surface area contributed by atoms with E-state index in [-0.39, 0.29) is 0 Å². The molecule has 0 saturated heterocycles. The third kappa shape index (κ3) is 1.64. The number of benzene rings is 1. The minimum absolute atomic E-state index is 0.605. The van der Waals surface area contributed by atoms with Gasteiger partial charge in [-0.05, 0) is 27.6 Å². The lowest BCUT2D eigenvalue weighted by molar-refractivity contribution is -0.138. The molecule has 0 aliphatic heterocycles. The maximum atomic E-state index is 10.8. The van der Waals surface area contributed by atoms with Crippen molar-refractivity contribution in [1.82, 2.24) is 4.98 Å². The van der Waals surface area contributed by atoms with Crippen LogP contribution in [-0.2, 0) is 4.79 Å². The van der Waals surface area contributed by atoms with Gasteiger partial charge < -0.3 is 15.8 Å². The second kappa shape index (κ2) is 3.67. The predicted octanol–water partition coefficient (Wildman–Crippen LogP) is 2.01. The van der Waals surface area contributed by atoms with Crippen LogP contribution in [0.4, 0.5) is 0 Å². The fourth-order valence-corrected chi connectivity index (χ4v) is 2.12. The standard InChI is InChI=1S/C10H9BrN2O2/c11-6-4-13-7-3-1-2-5(8(6)7)9(12)10(14)15/h1-4,9,13H,12H2,(H,14,15). The van der Waals surface area contributed by atoms with Crippen LogP contribution in [0.5, 0.6) is 0 Å². The quantitative estimate of drug-likeness (QED) is 0.780. The van der Waals surface area contributed by atoms with E-state index in [2.05, 4.69) is 20.9 Å². The average Bonchev–Trinajstić information content (AvgIpc) is 2.59. The zero-order valence-corrected chi connectivity index (χ0v) is 9.28. The highest BCUT2D eigenvalue weighted by Crippen LogP contribution is 2.29. The van der Waals surface area contributed by atoms with Crippen molar-refractivity contribution in [1.29, 1.82) is 0 Å². The molecule has 1 heterocycles. The zero-order valence-electron chi connectivity index (χ0n) is 7.70. The van der Waals surface area contributed by atoms with Crippen molar-refractivity contribution in [3.63, 3.8) is 0 Å². The van der Waals surface area contributed by atoms with E-state index >= 15 is 0 Å². The van der Waals surface area contributed by atoms with Gasteiger partial charge in [-0.15, -0.1) is 0 Å². The molecule has 0 saturated carbocycles. The van der Waals surface area contributed by atoms with Crippen LogP contribution in [0.1, 0.15) is 11.6 Å². The lowest BCUT2D eigenvalue weighted by Gasteiger charge is -2.08. The Morgan fingerprint density at radius 1 is 1.53 bits per heavy atom. The van der Waals surface area contributed by atoms with Crippen molar-refractivity contribution in [2.24, 2.45) is 5.73 Å². The topological polar surface area (TPSA) is 79.1 Å². The van der Waals surface area contributed by atoms with Gasteiger partial charge in [0.05, 0.1) is 0 Å². The fourth-order valence-electron chi connectivity index (χ4n) is 1.56. The molecular weight excluding hydrogens is 260 g/mol. The van der Waals surface area contributed by atoms with Crippen LogP contribution in [0.3, 0.4) is 0 Å². The molecular formula is C10H9BrN2O2. The molecule has 0 aliphatic carbocycles. The number of aliphatic carboxylic acids is 1. The SMILES string of the molecule is NC(C(=O)O)c1cccc2[nH]cc(Br)c12. The number of nitrogens with one attached hydrogen (secondary N) is 1. The first-order valence-electron chi connectivity index (χ1n) is 4.35. The molecule has 0 aliphatic rings. The molecule has 0 spiro atoms. The highest BCUT2D eigenvalue weighted by molar-refractivity contribution is 9.10. The number of carboxylic acids is 1. The summed E-state index contributed by atoms with van der Waals surface area (Å²) in [5, 5.41) is 9.70. The van der Waals surface area contributed by atoms with Gasteiger partial charge in [0.15, 0.2) is 0 Å². The summed E-state index contributed by atoms with van der Waals surface area (Å²) in [5.41, 5.74) is 7.07. The molecule has 0 fully saturated rings. The molecule has 2 rings (SSSR count). The van der Waals surface area contributed by atoms with E-state index in [9.17, 15) is 4.79 Å². The van der Waals surface area contributed by atoms with Crippen LogP contribution in [0.25, 0.3) is 10.9 Å². The first kappa shape index (κ1) is 10.2. The zero-order chi connectivity index (χ0) is 11.0. The predicted molar refractivity (Wildman–Crippen MR) is 60.6 cm³/mol. The van der Waals surface area contributed by atoms with E-state index < -0.39 is 12.0 Å². The second-order valence-corrected chi connectivity index (χ2v) is 4.08. The van der Waals surface area contributed by atoms with E-state index in [1.54, 1.807) is 18.3 Å². The number of nitrogens with two attached hydrogens (primary N) is 1. The van der Waals surface area contributed by atoms with Gasteiger partial charge in [0, 0.05) is 21.6 Å². The number of carboxylic acid groups (broad SMARTS) is 1. The number of aromatic amines is 1. The highest BCUT2D eigenvalue weighted by Gasteiger charge is 2.18. The van der Waals surface area contributed by atoms with E-state index in [1.165, 1.54) is 0 Å². The van der Waals surface area contributed by atoms with E-state index in [0.29, 0.717) is 5.56 Å². The Balaban J connectivity index is 2.69. The fraction of sp³-hybridized carbons (Fsp3) is 0.100. The summed E-state index contributed by atoms with van der Waals surface area (Å²) < 4.78 is 0.824. The van der Waals surface area contributed by atoms with Crippen molar-refractivity contribution in [3.8, 4) is 0 Å². The van der Waals surface area contributed by atoms with E-state index in [0.717, 1.165) is 15.4 Å². The number of hydrogen-bond acceptors (Lipinski definition) is 2. The van der Waals surface area contributed by atoms with Crippen LogP contribution in [0.15, 0.2) is 28.9 Å². The number of fused-ring (bicyclic) bond motifs is 1. The summed E-state index contributed by atoms with van der Waals surface area (Å²) in [7, 11) is 0. The largest absolute Gasteiger partial charge is 0.480 e. The molecule has 15 heavy (non-hydrogen) atoms. The third-order valence-corrected chi connectivity index (χ3v) is 2.92. The Kier molecular flexibility index (Phi) is 2.50. The van der Waals surface area contributed by atoms with Crippen LogP contribution in [-0.4, -0.2) is 16.1 Å². The summed E-state index contributed by atoms with van der Waals surface area (Å²) in [6.45, 7) is 0. The van der Waals surface area contributed by atoms with Gasteiger partial charge in [0.25, 0.3) is 0 Å². The number of halogens is 1. The summed E-state index contributed by atoms with van der Waals surface area (Å²) in [6, 6.07) is 4.38. The molecule has 1 aromatic heterocycles. The molecule has 0 bridgehead atoms. The van der Waals surface area contributed by atoms with Crippen molar-refractivity contribution in [2.75, 3.05) is 0 Å². The minimum Gasteiger partial charge on any atom is -0.480 e. The van der Waals surface area contributed by atoms with Crippen molar-refractivity contribution < 1.29 is 9.90 Å². The molecule has 1 aromatic carbocycles. The van der Waals surface area contributed by atoms with Gasteiger partial charge in [0.2, 0.25) is 0 Å². The van der Waals surface area contributed by atoms with Gasteiger partial charge in [-0.1, -0.05) is 12.1 Å². The molecule has 0 amide bonds. The van der Waals surface area contributed by atoms with Gasteiger partial charge in [-0.25, -0.2) is 0 Å². The minimum atomic E-state index is -1.03. The number of aromatic nitrogens is 1. The molecule has 5 heteroatoms. The first-order chi connectivity index (χ1) is 7.11. The maximum Gasteiger partial charge on any atom is 0.325 e. The smallest absolute Gasteiger partial charge is 0.325 e. The number of carbonyl (C=O) groups is 1. The van der Waals surface area contributed by atoms with Crippen LogP contribution >= 0.6 is 15.9 Å². The monoisotopic (exact) mass is 268 g/mol. The Bertz CT molecular complexity index is 521. The normalized spacial score (nSPS) is 12.9. The maximum absolute atomic E-state index is 10.8. The van der Waals surface area contributed by atoms with Crippen LogP contribution in [0.2, 0.25) is 0 Å². The van der Waals surface area contributed by atoms with Crippen LogP contribution in [0, 0.1) is 0 Å². The molecule has 0 radical (unpaired) electrons. The Labute approximate surface area is 94.2 Å². The summed E-state index contributed by atoms with van der Waals surface area (Å²) in [5.74, 6) is -1.03. The lowest BCUT2D eigenvalue weighted by atomic mass is 10.0. The highest BCUT2D eigenvalue weighted by atomic mass is 79.9.